The Labute approximate surface area is 145 Å². The van der Waals surface area contributed by atoms with Crippen LogP contribution in [0.25, 0.3) is 0 Å². The van der Waals surface area contributed by atoms with Crippen molar-refractivity contribution in [3.8, 4) is 6.07 Å². The molecule has 1 aromatic heterocycles. The Kier molecular flexibility index (Phi) is 4.67. The van der Waals surface area contributed by atoms with E-state index in [0.29, 0.717) is 17.1 Å². The van der Waals surface area contributed by atoms with E-state index in [0.717, 1.165) is 11.3 Å². The molecule has 0 aliphatic heterocycles. The average molecular weight is 329 g/mol. The number of aryl methyl sites for hydroxylation is 1. The van der Waals surface area contributed by atoms with Gasteiger partial charge in [0.15, 0.2) is 0 Å². The molecule has 1 amide bonds. The number of anilines is 3. The third kappa shape index (κ3) is 4.18. The summed E-state index contributed by atoms with van der Waals surface area (Å²) in [5.74, 6) is 0.183. The monoisotopic (exact) mass is 329 g/mol. The van der Waals surface area contributed by atoms with Crippen LogP contribution in [0.15, 0.2) is 60.9 Å². The first-order chi connectivity index (χ1) is 12.1. The van der Waals surface area contributed by atoms with E-state index < -0.39 is 0 Å². The molecule has 0 aliphatic rings. The molecule has 0 aliphatic carbocycles. The smallest absolute Gasteiger partial charge is 0.274 e. The van der Waals surface area contributed by atoms with Crippen LogP contribution in [-0.2, 0) is 0 Å². The van der Waals surface area contributed by atoms with Gasteiger partial charge in [-0.05, 0) is 43.3 Å². The minimum Gasteiger partial charge on any atom is -0.340 e. The van der Waals surface area contributed by atoms with Crippen LogP contribution in [-0.4, -0.2) is 15.9 Å². The third-order valence-corrected chi connectivity index (χ3v) is 3.50. The van der Waals surface area contributed by atoms with Crippen molar-refractivity contribution in [2.24, 2.45) is 0 Å². The first-order valence-electron chi connectivity index (χ1n) is 7.61. The van der Waals surface area contributed by atoms with Crippen LogP contribution in [0.3, 0.4) is 0 Å². The van der Waals surface area contributed by atoms with Gasteiger partial charge in [-0.25, -0.2) is 9.97 Å². The lowest BCUT2D eigenvalue weighted by molar-refractivity contribution is 0.102. The molecule has 1 heterocycles. The number of benzene rings is 2. The largest absolute Gasteiger partial charge is 0.340 e. The summed E-state index contributed by atoms with van der Waals surface area (Å²) in [6.45, 7) is 2.01. The number of hydrogen-bond donors (Lipinski definition) is 2. The molecule has 3 aromatic rings. The second-order valence-electron chi connectivity index (χ2n) is 5.42. The van der Waals surface area contributed by atoms with Gasteiger partial charge < -0.3 is 10.6 Å². The zero-order valence-electron chi connectivity index (χ0n) is 13.5. The van der Waals surface area contributed by atoms with Gasteiger partial charge in [0.1, 0.15) is 17.8 Å². The molecule has 6 heteroatoms. The lowest BCUT2D eigenvalue weighted by atomic mass is 10.2. The van der Waals surface area contributed by atoms with E-state index in [1.807, 2.05) is 37.3 Å². The highest BCUT2D eigenvalue weighted by Gasteiger charge is 2.09. The topological polar surface area (TPSA) is 90.7 Å². The standard InChI is InChI=1S/C19H15N5O/c1-13-2-6-15(7-3-13)23-18-10-17(21-12-22-18)19(25)24-16-8-4-14(11-20)5-9-16/h2-10,12H,1H3,(H,24,25)(H,21,22,23). The highest BCUT2D eigenvalue weighted by molar-refractivity contribution is 6.03. The first kappa shape index (κ1) is 16.1. The Morgan fingerprint density at radius 3 is 2.36 bits per heavy atom. The molecule has 0 fully saturated rings. The second-order valence-corrected chi connectivity index (χ2v) is 5.42. The van der Waals surface area contributed by atoms with Gasteiger partial charge >= 0.3 is 0 Å². The highest BCUT2D eigenvalue weighted by Crippen LogP contribution is 2.16. The number of hydrogen-bond acceptors (Lipinski definition) is 5. The van der Waals surface area contributed by atoms with Crippen LogP contribution >= 0.6 is 0 Å². The normalized spacial score (nSPS) is 9.92. The van der Waals surface area contributed by atoms with Crippen molar-refractivity contribution in [2.45, 2.75) is 6.92 Å². The Balaban J connectivity index is 1.72. The number of nitrogens with one attached hydrogen (secondary N) is 2. The molecule has 0 unspecified atom stereocenters. The summed E-state index contributed by atoms with van der Waals surface area (Å²) in [7, 11) is 0. The average Bonchev–Trinajstić information content (AvgIpc) is 2.64. The molecule has 6 nitrogen and oxygen atoms in total. The molecular weight excluding hydrogens is 314 g/mol. The molecular formula is C19H15N5O. The van der Waals surface area contributed by atoms with Crippen molar-refractivity contribution in [3.05, 3.63) is 77.7 Å². The third-order valence-electron chi connectivity index (χ3n) is 3.50. The summed E-state index contributed by atoms with van der Waals surface area (Å²) in [5.41, 5.74) is 3.41. The number of nitrogens with zero attached hydrogens (tertiary/aromatic N) is 3. The Bertz CT molecular complexity index is 927. The maximum atomic E-state index is 12.3. The fraction of sp³-hybridized carbons (Fsp3) is 0.0526. The zero-order chi connectivity index (χ0) is 17.6. The van der Waals surface area contributed by atoms with Gasteiger partial charge in [-0.1, -0.05) is 17.7 Å². The Morgan fingerprint density at radius 2 is 1.68 bits per heavy atom. The van der Waals surface area contributed by atoms with Crippen LogP contribution in [0, 0.1) is 18.3 Å². The van der Waals surface area contributed by atoms with E-state index in [1.165, 1.54) is 6.33 Å². The Morgan fingerprint density at radius 1 is 1.00 bits per heavy atom. The summed E-state index contributed by atoms with van der Waals surface area (Å²) < 4.78 is 0. The van der Waals surface area contributed by atoms with E-state index in [4.69, 9.17) is 5.26 Å². The number of rotatable bonds is 4. The molecule has 3 rings (SSSR count). The molecule has 0 saturated heterocycles. The lowest BCUT2D eigenvalue weighted by Gasteiger charge is -2.08. The van der Waals surface area contributed by atoms with Gasteiger partial charge in [0.25, 0.3) is 5.91 Å². The quantitative estimate of drug-likeness (QED) is 0.762. The van der Waals surface area contributed by atoms with E-state index in [-0.39, 0.29) is 11.6 Å². The molecule has 0 spiro atoms. The Hall–Kier alpha value is -3.72. The maximum absolute atomic E-state index is 12.3. The molecule has 0 saturated carbocycles. The van der Waals surface area contributed by atoms with Crippen LogP contribution < -0.4 is 10.6 Å². The maximum Gasteiger partial charge on any atom is 0.274 e. The van der Waals surface area contributed by atoms with Crippen molar-refractivity contribution in [1.29, 1.82) is 5.26 Å². The number of aromatic nitrogens is 2. The van der Waals surface area contributed by atoms with Crippen LogP contribution in [0.2, 0.25) is 0 Å². The van der Waals surface area contributed by atoms with Crippen molar-refractivity contribution >= 4 is 23.1 Å². The predicted molar refractivity (Wildman–Crippen MR) is 95.6 cm³/mol. The summed E-state index contributed by atoms with van der Waals surface area (Å²) in [6.07, 6.45) is 1.34. The molecule has 0 bridgehead atoms. The highest BCUT2D eigenvalue weighted by atomic mass is 16.1. The molecule has 25 heavy (non-hydrogen) atoms. The van der Waals surface area contributed by atoms with E-state index >= 15 is 0 Å². The fourth-order valence-corrected chi connectivity index (χ4v) is 2.16. The van der Waals surface area contributed by atoms with E-state index in [2.05, 4.69) is 20.6 Å². The summed E-state index contributed by atoms with van der Waals surface area (Å²) in [5, 5.41) is 14.7. The second kappa shape index (κ2) is 7.23. The molecule has 122 valence electrons. The van der Waals surface area contributed by atoms with E-state index in [9.17, 15) is 4.79 Å². The number of carbonyl (C=O) groups excluding carboxylic acids is 1. The minimum absolute atomic E-state index is 0.244. The van der Waals surface area contributed by atoms with Gasteiger partial charge in [-0.2, -0.15) is 5.26 Å². The SMILES string of the molecule is Cc1ccc(Nc2cc(C(=O)Nc3ccc(C#N)cc3)ncn2)cc1. The van der Waals surface area contributed by atoms with Gasteiger partial charge in [0, 0.05) is 17.4 Å². The predicted octanol–water partition coefficient (Wildman–Crippen LogP) is 3.65. The molecule has 2 N–H and O–H groups in total. The van der Waals surface area contributed by atoms with Gasteiger partial charge in [-0.15, -0.1) is 0 Å². The summed E-state index contributed by atoms with van der Waals surface area (Å²) in [4.78, 5) is 20.5. The molecule has 0 atom stereocenters. The van der Waals surface area contributed by atoms with Gasteiger partial charge in [0.2, 0.25) is 0 Å². The zero-order valence-corrected chi connectivity index (χ0v) is 13.5. The van der Waals surface area contributed by atoms with Crippen LogP contribution in [0.1, 0.15) is 21.6 Å². The van der Waals surface area contributed by atoms with Gasteiger partial charge in [-0.3, -0.25) is 4.79 Å². The lowest BCUT2D eigenvalue weighted by Crippen LogP contribution is -2.14. The van der Waals surface area contributed by atoms with Crippen LogP contribution in [0.5, 0.6) is 0 Å². The fourth-order valence-electron chi connectivity index (χ4n) is 2.16. The van der Waals surface area contributed by atoms with Crippen molar-refractivity contribution < 1.29 is 4.79 Å². The van der Waals surface area contributed by atoms with E-state index in [1.54, 1.807) is 30.3 Å². The number of nitriles is 1. The van der Waals surface area contributed by atoms with Crippen LogP contribution in [0.4, 0.5) is 17.2 Å². The van der Waals surface area contributed by atoms with Crippen molar-refractivity contribution in [2.75, 3.05) is 10.6 Å². The molecule has 2 aromatic carbocycles. The van der Waals surface area contributed by atoms with Crippen molar-refractivity contribution in [1.82, 2.24) is 9.97 Å². The first-order valence-corrected chi connectivity index (χ1v) is 7.61. The van der Waals surface area contributed by atoms with Gasteiger partial charge in [0.05, 0.1) is 11.6 Å². The summed E-state index contributed by atoms with van der Waals surface area (Å²) in [6, 6.07) is 18.1. The number of carbonyl (C=O) groups is 1. The minimum atomic E-state index is -0.348. The van der Waals surface area contributed by atoms with Crippen molar-refractivity contribution in [3.63, 3.8) is 0 Å². The molecule has 0 radical (unpaired) electrons. The summed E-state index contributed by atoms with van der Waals surface area (Å²) >= 11 is 0. The number of amides is 1.